The molecular weight excluding hydrogens is 508 g/mol. The Bertz CT molecular complexity index is 839. The Morgan fingerprint density at radius 2 is 1.90 bits per heavy atom. The van der Waals surface area contributed by atoms with E-state index in [1.165, 1.54) is 11.6 Å². The van der Waals surface area contributed by atoms with Crippen LogP contribution in [0.25, 0.3) is 0 Å². The molecule has 0 amide bonds. The summed E-state index contributed by atoms with van der Waals surface area (Å²) >= 11 is 0. The van der Waals surface area contributed by atoms with E-state index in [0.29, 0.717) is 13.2 Å². The Morgan fingerprint density at radius 3 is 2.52 bits per heavy atom. The van der Waals surface area contributed by atoms with Crippen LogP contribution in [0.2, 0.25) is 0 Å². The summed E-state index contributed by atoms with van der Waals surface area (Å²) in [6.45, 7) is 5.47. The zero-order valence-electron chi connectivity index (χ0n) is 18.6. The Hall–Kier alpha value is -1.87. The minimum atomic E-state index is -0.222. The van der Waals surface area contributed by atoms with Crippen molar-refractivity contribution in [3.05, 3.63) is 65.5 Å². The summed E-state index contributed by atoms with van der Waals surface area (Å²) in [7, 11) is 3.74. The molecule has 1 saturated heterocycles. The third kappa shape index (κ3) is 6.80. The summed E-state index contributed by atoms with van der Waals surface area (Å²) in [6.07, 6.45) is 1.89. The first-order chi connectivity index (χ1) is 14.6. The van der Waals surface area contributed by atoms with Gasteiger partial charge in [0.1, 0.15) is 11.6 Å². The van der Waals surface area contributed by atoms with Crippen molar-refractivity contribution in [1.29, 1.82) is 0 Å². The van der Waals surface area contributed by atoms with E-state index in [1.54, 1.807) is 19.2 Å². The van der Waals surface area contributed by atoms with Crippen molar-refractivity contribution < 1.29 is 13.9 Å². The molecule has 1 aliphatic rings. The Balaban J connectivity index is 0.00000341. The van der Waals surface area contributed by atoms with Crippen LogP contribution in [0.15, 0.2) is 53.5 Å². The monoisotopic (exact) mass is 541 g/mol. The van der Waals surface area contributed by atoms with Crippen molar-refractivity contribution in [3.63, 3.8) is 0 Å². The summed E-state index contributed by atoms with van der Waals surface area (Å²) in [5, 5.41) is 3.55. The summed E-state index contributed by atoms with van der Waals surface area (Å²) in [5.74, 6) is 1.46. The van der Waals surface area contributed by atoms with Gasteiger partial charge in [0.2, 0.25) is 0 Å². The van der Waals surface area contributed by atoms with Crippen molar-refractivity contribution >= 4 is 29.9 Å². The van der Waals surface area contributed by atoms with Gasteiger partial charge in [-0.3, -0.25) is 4.99 Å². The van der Waals surface area contributed by atoms with Crippen LogP contribution in [-0.2, 0) is 16.7 Å². The fourth-order valence-corrected chi connectivity index (χ4v) is 4.02. The highest BCUT2D eigenvalue weighted by molar-refractivity contribution is 14.0. The normalized spacial score (nSPS) is 15.7. The van der Waals surface area contributed by atoms with Crippen molar-refractivity contribution in [2.24, 2.45) is 4.99 Å². The van der Waals surface area contributed by atoms with E-state index in [1.807, 2.05) is 37.1 Å². The number of benzene rings is 2. The van der Waals surface area contributed by atoms with E-state index in [9.17, 15) is 4.39 Å². The topological polar surface area (TPSA) is 46.1 Å². The molecular formula is C24H33FIN3O2. The molecule has 0 unspecified atom stereocenters. The summed E-state index contributed by atoms with van der Waals surface area (Å²) in [5.41, 5.74) is 2.16. The Morgan fingerprint density at radius 1 is 1.19 bits per heavy atom. The van der Waals surface area contributed by atoms with Crippen LogP contribution in [0.5, 0.6) is 5.75 Å². The van der Waals surface area contributed by atoms with Gasteiger partial charge in [-0.15, -0.1) is 24.0 Å². The van der Waals surface area contributed by atoms with Crippen molar-refractivity contribution in [1.82, 2.24) is 10.2 Å². The largest absolute Gasteiger partial charge is 0.494 e. The molecule has 31 heavy (non-hydrogen) atoms. The second-order valence-electron chi connectivity index (χ2n) is 7.74. The van der Waals surface area contributed by atoms with Gasteiger partial charge in [0.15, 0.2) is 5.96 Å². The van der Waals surface area contributed by atoms with Crippen molar-refractivity contribution in [2.75, 3.05) is 40.5 Å². The molecule has 2 aromatic rings. The number of nitrogens with zero attached hydrogens (tertiary/aromatic N) is 2. The van der Waals surface area contributed by atoms with Gasteiger partial charge in [-0.05, 0) is 55.2 Å². The molecule has 0 radical (unpaired) electrons. The number of nitrogens with one attached hydrogen (secondary N) is 1. The predicted molar refractivity (Wildman–Crippen MR) is 134 cm³/mol. The molecule has 2 aromatic carbocycles. The molecule has 3 rings (SSSR count). The van der Waals surface area contributed by atoms with Gasteiger partial charge >= 0.3 is 0 Å². The second-order valence-corrected chi connectivity index (χ2v) is 7.74. The van der Waals surface area contributed by atoms with Crippen LogP contribution in [0.3, 0.4) is 0 Å². The van der Waals surface area contributed by atoms with Gasteiger partial charge in [-0.1, -0.05) is 24.3 Å². The van der Waals surface area contributed by atoms with E-state index in [-0.39, 0.29) is 35.2 Å². The maximum absolute atomic E-state index is 13.5. The molecule has 0 atom stereocenters. The van der Waals surface area contributed by atoms with Crippen molar-refractivity contribution in [3.8, 4) is 5.75 Å². The molecule has 1 heterocycles. The maximum atomic E-state index is 13.5. The molecule has 0 bridgehead atoms. The SMILES string of the molecule is CCOc1ccc(C2(CNC(=NC)N(C)Cc3cccc(F)c3)CCOCC2)cc1.I. The van der Waals surface area contributed by atoms with Crippen LogP contribution in [0.4, 0.5) is 4.39 Å². The van der Waals surface area contributed by atoms with E-state index in [4.69, 9.17) is 9.47 Å². The van der Waals surface area contributed by atoms with Crippen molar-refractivity contribution in [2.45, 2.75) is 31.7 Å². The number of rotatable bonds is 7. The lowest BCUT2D eigenvalue weighted by molar-refractivity contribution is 0.0512. The van der Waals surface area contributed by atoms with E-state index < -0.39 is 0 Å². The van der Waals surface area contributed by atoms with Gasteiger partial charge in [-0.2, -0.15) is 0 Å². The quantitative estimate of drug-likeness (QED) is 0.317. The lowest BCUT2D eigenvalue weighted by atomic mass is 9.74. The van der Waals surface area contributed by atoms with E-state index >= 15 is 0 Å². The fourth-order valence-electron chi connectivity index (χ4n) is 4.02. The molecule has 1 N–H and O–H groups in total. The molecule has 1 fully saturated rings. The first-order valence-electron chi connectivity index (χ1n) is 10.5. The zero-order chi connectivity index (χ0) is 21.4. The molecule has 5 nitrogen and oxygen atoms in total. The Kier molecular flexibility index (Phi) is 10.0. The third-order valence-electron chi connectivity index (χ3n) is 5.69. The summed E-state index contributed by atoms with van der Waals surface area (Å²) < 4.78 is 24.8. The highest BCUT2D eigenvalue weighted by Gasteiger charge is 2.35. The molecule has 0 spiro atoms. The minimum absolute atomic E-state index is 0. The lowest BCUT2D eigenvalue weighted by Crippen LogP contribution is -2.48. The van der Waals surface area contributed by atoms with Gasteiger partial charge in [0.25, 0.3) is 0 Å². The molecule has 0 aliphatic carbocycles. The average molecular weight is 541 g/mol. The number of hydrogen-bond acceptors (Lipinski definition) is 3. The van der Waals surface area contributed by atoms with Crippen LogP contribution in [0, 0.1) is 5.82 Å². The number of aliphatic imine (C=N–C) groups is 1. The fraction of sp³-hybridized carbons (Fsp3) is 0.458. The molecule has 0 saturated carbocycles. The molecule has 0 aromatic heterocycles. The number of guanidine groups is 1. The molecule has 170 valence electrons. The van der Waals surface area contributed by atoms with Crippen LogP contribution < -0.4 is 10.1 Å². The number of halogens is 2. The molecule has 7 heteroatoms. The zero-order valence-corrected chi connectivity index (χ0v) is 20.9. The van der Waals surface area contributed by atoms with Gasteiger partial charge in [-0.25, -0.2) is 4.39 Å². The highest BCUT2D eigenvalue weighted by atomic mass is 127. The first kappa shape index (κ1) is 25.4. The number of ether oxygens (including phenoxy) is 2. The van der Waals surface area contributed by atoms with Crippen LogP contribution >= 0.6 is 24.0 Å². The first-order valence-corrected chi connectivity index (χ1v) is 10.5. The predicted octanol–water partition coefficient (Wildman–Crippen LogP) is 4.60. The Labute approximate surface area is 202 Å². The summed E-state index contributed by atoms with van der Waals surface area (Å²) in [4.78, 5) is 6.45. The smallest absolute Gasteiger partial charge is 0.193 e. The van der Waals surface area contributed by atoms with E-state index in [2.05, 4.69) is 22.4 Å². The van der Waals surface area contributed by atoms with Gasteiger partial charge in [0.05, 0.1) is 6.61 Å². The average Bonchev–Trinajstić information content (AvgIpc) is 2.75. The lowest BCUT2D eigenvalue weighted by Gasteiger charge is -2.39. The second kappa shape index (κ2) is 12.2. The highest BCUT2D eigenvalue weighted by Crippen LogP contribution is 2.35. The minimum Gasteiger partial charge on any atom is -0.494 e. The van der Waals surface area contributed by atoms with Crippen LogP contribution in [-0.4, -0.2) is 51.3 Å². The van der Waals surface area contributed by atoms with E-state index in [0.717, 1.165) is 49.9 Å². The molecule has 1 aliphatic heterocycles. The standard InChI is InChI=1S/C24H32FN3O2.HI/c1-4-30-22-10-8-20(9-11-22)24(12-14-29-15-13-24)18-27-23(26-2)28(3)17-19-6-5-7-21(25)16-19;/h5-11,16H,4,12-15,17-18H2,1-3H3,(H,26,27);1H. The van der Waals surface area contributed by atoms with Gasteiger partial charge in [0, 0.05) is 45.8 Å². The van der Waals surface area contributed by atoms with Gasteiger partial charge < -0.3 is 19.7 Å². The maximum Gasteiger partial charge on any atom is 0.193 e. The third-order valence-corrected chi connectivity index (χ3v) is 5.69. The van der Waals surface area contributed by atoms with Crippen LogP contribution in [0.1, 0.15) is 30.9 Å². The summed E-state index contributed by atoms with van der Waals surface area (Å²) in [6, 6.07) is 15.1. The number of hydrogen-bond donors (Lipinski definition) is 1.